The average Bonchev–Trinajstić information content (AvgIpc) is 2.92. The number of nitrogens with two attached hydrogens (primary N) is 1. The molecule has 3 aromatic rings. The summed E-state index contributed by atoms with van der Waals surface area (Å²) in [5, 5.41) is 34.3. The van der Waals surface area contributed by atoms with Crippen LogP contribution in [0, 0.1) is 0 Å². The zero-order chi connectivity index (χ0) is 30.1. The molecule has 1 unspecified atom stereocenters. The lowest BCUT2D eigenvalue weighted by atomic mass is 10.1. The largest absolute Gasteiger partial charge is 0.481 e. The van der Waals surface area contributed by atoms with Crippen molar-refractivity contribution >= 4 is 52.5 Å². The van der Waals surface area contributed by atoms with Gasteiger partial charge < -0.3 is 31.7 Å². The number of carboxylic acid groups (broad SMARTS) is 3. The summed E-state index contributed by atoms with van der Waals surface area (Å²) in [6.07, 6.45) is 0.269. The number of H-pyrrole nitrogens is 1. The molecule has 2 amide bonds. The first-order valence-electron chi connectivity index (χ1n) is 12.1. The van der Waals surface area contributed by atoms with E-state index in [0.717, 1.165) is 0 Å². The van der Waals surface area contributed by atoms with Gasteiger partial charge in [-0.2, -0.15) is 4.98 Å². The van der Waals surface area contributed by atoms with Crippen molar-refractivity contribution in [1.29, 1.82) is 0 Å². The van der Waals surface area contributed by atoms with Gasteiger partial charge in [0, 0.05) is 24.1 Å². The van der Waals surface area contributed by atoms with Crippen LogP contribution in [0.1, 0.15) is 41.7 Å². The summed E-state index contributed by atoms with van der Waals surface area (Å²) in [5.74, 6) is -5.26. The molecule has 0 bridgehead atoms. The number of carbonyl (C=O) groups is 5. The van der Waals surface area contributed by atoms with Crippen LogP contribution in [0.2, 0.25) is 0 Å². The van der Waals surface area contributed by atoms with Crippen LogP contribution in [0.25, 0.3) is 11.2 Å². The fourth-order valence-electron chi connectivity index (χ4n) is 3.42. The van der Waals surface area contributed by atoms with Gasteiger partial charge in [0.2, 0.25) is 11.9 Å². The van der Waals surface area contributed by atoms with E-state index in [4.69, 9.17) is 15.9 Å². The maximum absolute atomic E-state index is 12.5. The predicted octanol–water partition coefficient (Wildman–Crippen LogP) is -0.496. The van der Waals surface area contributed by atoms with Crippen LogP contribution in [-0.4, -0.2) is 77.1 Å². The second-order valence-corrected chi connectivity index (χ2v) is 8.70. The average molecular weight is 571 g/mol. The topological polar surface area (TPSA) is 280 Å². The number of aromatic nitrogens is 4. The number of carboxylic acids is 3. The molecule has 3 rings (SSSR count). The Kier molecular flexibility index (Phi) is 9.96. The van der Waals surface area contributed by atoms with E-state index < -0.39 is 53.8 Å². The predicted molar refractivity (Wildman–Crippen MR) is 141 cm³/mol. The summed E-state index contributed by atoms with van der Waals surface area (Å²) in [5.41, 5.74) is 5.90. The first kappa shape index (κ1) is 30.1. The van der Waals surface area contributed by atoms with Crippen LogP contribution in [-0.2, 0) is 25.7 Å². The Hall–Kier alpha value is -5.45. The molecule has 17 nitrogen and oxygen atoms in total. The highest BCUT2D eigenvalue weighted by molar-refractivity contribution is 5.97. The Morgan fingerprint density at radius 3 is 2.24 bits per heavy atom. The molecule has 216 valence electrons. The lowest BCUT2D eigenvalue weighted by molar-refractivity contribution is -0.141. The van der Waals surface area contributed by atoms with E-state index in [2.05, 4.69) is 35.9 Å². The Bertz CT molecular complexity index is 1520. The summed E-state index contributed by atoms with van der Waals surface area (Å²) in [7, 11) is 0. The van der Waals surface area contributed by atoms with Gasteiger partial charge in [-0.05, 0) is 37.1 Å². The number of hydrogen-bond donors (Lipinski definition) is 8. The van der Waals surface area contributed by atoms with E-state index in [0.29, 0.717) is 11.4 Å². The lowest BCUT2D eigenvalue weighted by Gasteiger charge is -2.14. The SMILES string of the molecule is N[C@@H](CCC(=O)O)C(=O)Nc1nc2ncc(CNc3ccc(C(=O)NC(CCC(=O)O)C(=O)O)cc3)nc2c(=O)[nH]1. The maximum Gasteiger partial charge on any atom is 0.326 e. The van der Waals surface area contributed by atoms with E-state index in [1.807, 2.05) is 0 Å². The van der Waals surface area contributed by atoms with Gasteiger partial charge in [-0.3, -0.25) is 34.3 Å². The van der Waals surface area contributed by atoms with Gasteiger partial charge in [0.05, 0.1) is 24.5 Å². The normalized spacial score (nSPS) is 12.2. The number of benzene rings is 1. The minimum absolute atomic E-state index is 0.0507. The van der Waals surface area contributed by atoms with Crippen LogP contribution in [0.3, 0.4) is 0 Å². The summed E-state index contributed by atoms with van der Waals surface area (Å²) in [6.45, 7) is 0.126. The number of aliphatic carboxylic acids is 3. The molecule has 17 heteroatoms. The molecule has 2 atom stereocenters. The van der Waals surface area contributed by atoms with Crippen molar-refractivity contribution in [1.82, 2.24) is 25.3 Å². The van der Waals surface area contributed by atoms with Crippen molar-refractivity contribution in [3.05, 3.63) is 52.1 Å². The molecule has 0 aliphatic carbocycles. The van der Waals surface area contributed by atoms with Gasteiger partial charge in [0.15, 0.2) is 11.2 Å². The van der Waals surface area contributed by atoms with Gasteiger partial charge >= 0.3 is 17.9 Å². The number of amides is 2. The standard InChI is InChI=1S/C24H26N8O9/c25-14(5-7-16(33)34)21(38)31-24-30-19-18(22(39)32-24)28-13(10-27-19)9-26-12-3-1-11(2-4-12)20(37)29-15(23(40)41)6-8-17(35)36/h1-4,10,14-15,26H,5-9,25H2,(H,29,37)(H,33,34)(H,35,36)(H,40,41)(H2,27,30,31,32,38,39)/t14-,15?/m0/s1. The van der Waals surface area contributed by atoms with E-state index in [1.54, 1.807) is 12.1 Å². The second kappa shape index (κ2) is 13.6. The minimum atomic E-state index is -1.35. The third-order valence-electron chi connectivity index (χ3n) is 5.59. The molecule has 41 heavy (non-hydrogen) atoms. The fraction of sp³-hybridized carbons (Fsp3) is 0.292. The van der Waals surface area contributed by atoms with Crippen LogP contribution < -0.4 is 27.2 Å². The number of fused-ring (bicyclic) bond motifs is 1. The van der Waals surface area contributed by atoms with E-state index in [-0.39, 0.29) is 48.5 Å². The van der Waals surface area contributed by atoms with E-state index in [9.17, 15) is 33.9 Å². The highest BCUT2D eigenvalue weighted by atomic mass is 16.4. The van der Waals surface area contributed by atoms with Crippen LogP contribution in [0.5, 0.6) is 0 Å². The second-order valence-electron chi connectivity index (χ2n) is 8.70. The number of nitrogens with one attached hydrogen (secondary N) is 4. The number of aromatic amines is 1. The molecule has 1 aromatic carbocycles. The molecule has 0 aliphatic rings. The molecule has 0 saturated carbocycles. The number of nitrogens with zero attached hydrogens (tertiary/aromatic N) is 3. The Morgan fingerprint density at radius 2 is 1.61 bits per heavy atom. The molecule has 0 saturated heterocycles. The van der Waals surface area contributed by atoms with E-state index in [1.165, 1.54) is 18.3 Å². The minimum Gasteiger partial charge on any atom is -0.481 e. The van der Waals surface area contributed by atoms with Crippen LogP contribution in [0.4, 0.5) is 11.6 Å². The van der Waals surface area contributed by atoms with Gasteiger partial charge in [-0.25, -0.2) is 14.8 Å². The zero-order valence-corrected chi connectivity index (χ0v) is 21.3. The molecule has 0 fully saturated rings. The van der Waals surface area contributed by atoms with E-state index >= 15 is 0 Å². The highest BCUT2D eigenvalue weighted by Crippen LogP contribution is 2.13. The highest BCUT2D eigenvalue weighted by Gasteiger charge is 2.22. The Morgan fingerprint density at radius 1 is 0.951 bits per heavy atom. The number of carbonyl (C=O) groups excluding carboxylic acids is 2. The van der Waals surface area contributed by atoms with Gasteiger partial charge in [-0.15, -0.1) is 0 Å². The summed E-state index contributed by atoms with van der Waals surface area (Å²) in [4.78, 5) is 84.3. The van der Waals surface area contributed by atoms with Gasteiger partial charge in [0.25, 0.3) is 11.5 Å². The molecule has 2 aromatic heterocycles. The third kappa shape index (κ3) is 8.79. The van der Waals surface area contributed by atoms with Crippen LogP contribution in [0.15, 0.2) is 35.3 Å². The van der Waals surface area contributed by atoms with Crippen molar-refractivity contribution in [2.24, 2.45) is 5.73 Å². The van der Waals surface area contributed by atoms with Crippen LogP contribution >= 0.6 is 0 Å². The van der Waals surface area contributed by atoms with Crippen molar-refractivity contribution in [2.75, 3.05) is 10.6 Å². The quantitative estimate of drug-likeness (QED) is 0.121. The summed E-state index contributed by atoms with van der Waals surface area (Å²) >= 11 is 0. The Balaban J connectivity index is 1.61. The zero-order valence-electron chi connectivity index (χ0n) is 21.3. The monoisotopic (exact) mass is 570 g/mol. The van der Waals surface area contributed by atoms with Crippen molar-refractivity contribution in [3.63, 3.8) is 0 Å². The molecular weight excluding hydrogens is 544 g/mol. The first-order valence-corrected chi connectivity index (χ1v) is 12.1. The molecule has 0 spiro atoms. The van der Waals surface area contributed by atoms with Gasteiger partial charge in [0.1, 0.15) is 6.04 Å². The summed E-state index contributed by atoms with van der Waals surface area (Å²) < 4.78 is 0. The molecule has 0 radical (unpaired) electrons. The van der Waals surface area contributed by atoms with Crippen molar-refractivity contribution < 1.29 is 39.3 Å². The molecule has 9 N–H and O–H groups in total. The first-order chi connectivity index (χ1) is 19.4. The maximum atomic E-state index is 12.5. The van der Waals surface area contributed by atoms with Crippen molar-refractivity contribution in [3.8, 4) is 0 Å². The lowest BCUT2D eigenvalue weighted by Crippen LogP contribution is -2.41. The summed E-state index contributed by atoms with van der Waals surface area (Å²) in [6, 6.07) is 3.52. The fourth-order valence-corrected chi connectivity index (χ4v) is 3.42. The number of rotatable bonds is 14. The number of hydrogen-bond acceptors (Lipinski definition) is 11. The molecular formula is C24H26N8O9. The van der Waals surface area contributed by atoms with Gasteiger partial charge in [-0.1, -0.05) is 0 Å². The Labute approximate surface area is 230 Å². The molecule has 2 heterocycles. The smallest absolute Gasteiger partial charge is 0.326 e. The van der Waals surface area contributed by atoms with Crippen molar-refractivity contribution in [2.45, 2.75) is 44.3 Å². The number of anilines is 2. The third-order valence-corrected chi connectivity index (χ3v) is 5.59. The molecule has 0 aliphatic heterocycles.